The number of benzene rings is 2. The van der Waals surface area contributed by atoms with Crippen LogP contribution in [0, 0.1) is 13.8 Å². The quantitative estimate of drug-likeness (QED) is 0.0976. The maximum absolute atomic E-state index is 13.7. The molecule has 74 heavy (non-hydrogen) atoms. The van der Waals surface area contributed by atoms with E-state index in [2.05, 4.69) is 50.5 Å². The number of sulfone groups is 2. The first-order valence-corrected chi connectivity index (χ1v) is 26.2. The number of aromatic nitrogens is 14. The van der Waals surface area contributed by atoms with Gasteiger partial charge in [0.05, 0.1) is 74.1 Å². The summed E-state index contributed by atoms with van der Waals surface area (Å²) in [6.45, 7) is 6.76. The lowest BCUT2D eigenvalue weighted by Crippen LogP contribution is -2.29. The van der Waals surface area contributed by atoms with Crippen molar-refractivity contribution in [1.82, 2.24) is 69.0 Å². The molecular formula is C48H58N14O10S2. The average molecular weight is 1060 g/mol. The van der Waals surface area contributed by atoms with Gasteiger partial charge in [0.2, 0.25) is 0 Å². The Labute approximate surface area is 428 Å². The molecular weight excluding hydrogens is 997 g/mol. The zero-order chi connectivity index (χ0) is 53.5. The van der Waals surface area contributed by atoms with Crippen LogP contribution in [-0.4, -0.2) is 139 Å². The highest BCUT2D eigenvalue weighted by atomic mass is 32.2. The molecule has 0 aliphatic heterocycles. The molecule has 8 rings (SSSR count). The third kappa shape index (κ3) is 11.4. The number of ether oxygens (including phenoxy) is 6. The van der Waals surface area contributed by atoms with Crippen molar-refractivity contribution in [2.75, 3.05) is 42.7 Å². The van der Waals surface area contributed by atoms with Crippen molar-refractivity contribution in [3.05, 3.63) is 120 Å². The lowest BCUT2D eigenvalue weighted by Gasteiger charge is -2.22. The number of methoxy groups -OCH3 is 6. The summed E-state index contributed by atoms with van der Waals surface area (Å²) in [5.74, 6) is 1.95. The lowest BCUT2D eigenvalue weighted by atomic mass is 10.2. The van der Waals surface area contributed by atoms with E-state index in [1.165, 1.54) is 55.1 Å². The van der Waals surface area contributed by atoms with Crippen molar-refractivity contribution in [2.24, 2.45) is 14.1 Å². The second-order valence-corrected chi connectivity index (χ2v) is 21.5. The SMILES string of the molecule is COc1cccc(OC)c1-n1c(CS(=O)(=O)[C@@H](C)[C@H](OC)c2cnc(C)cn2)nnc1-c1ccn(C)n1.COc1cccc(OC)c1-n1c(CS(=O)(=O)[C@H](C)[C@@H](OC)c2cnc(C)cn2)nnc1-c1ccn(C)n1. The van der Waals surface area contributed by atoms with Crippen LogP contribution in [0.1, 0.15) is 60.5 Å². The molecule has 0 spiro atoms. The molecule has 0 unspecified atom stereocenters. The smallest absolute Gasteiger partial charge is 0.189 e. The first-order valence-electron chi connectivity index (χ1n) is 22.8. The van der Waals surface area contributed by atoms with Gasteiger partial charge in [-0.3, -0.25) is 38.4 Å². The van der Waals surface area contributed by atoms with Gasteiger partial charge in [-0.15, -0.1) is 20.4 Å². The first kappa shape index (κ1) is 54.1. The zero-order valence-corrected chi connectivity index (χ0v) is 44.6. The Hall–Kier alpha value is -7.68. The van der Waals surface area contributed by atoms with Crippen LogP contribution in [0.5, 0.6) is 23.0 Å². The second kappa shape index (κ2) is 23.0. The fourth-order valence-electron chi connectivity index (χ4n) is 8.00. The number of para-hydroxylation sites is 2. The predicted octanol–water partition coefficient (Wildman–Crippen LogP) is 4.95. The Balaban J connectivity index is 0.000000216. The summed E-state index contributed by atoms with van der Waals surface area (Å²) in [5, 5.41) is 24.1. The van der Waals surface area contributed by atoms with Crippen LogP contribution in [0.3, 0.4) is 0 Å². The Kier molecular flexibility index (Phi) is 16.8. The van der Waals surface area contributed by atoms with Crippen LogP contribution >= 0.6 is 0 Å². The summed E-state index contributed by atoms with van der Waals surface area (Å²) < 4.78 is 94.7. The minimum Gasteiger partial charge on any atom is -0.494 e. The van der Waals surface area contributed by atoms with E-state index >= 15 is 0 Å². The van der Waals surface area contributed by atoms with Gasteiger partial charge in [0.1, 0.15) is 69.5 Å². The molecule has 0 aliphatic carbocycles. The van der Waals surface area contributed by atoms with Gasteiger partial charge in [0.15, 0.2) is 43.0 Å². The van der Waals surface area contributed by atoms with Crippen molar-refractivity contribution < 1.29 is 45.3 Å². The normalized spacial score (nSPS) is 13.4. The van der Waals surface area contributed by atoms with E-state index in [9.17, 15) is 16.8 Å². The Morgan fingerprint density at radius 1 is 0.500 bits per heavy atom. The van der Waals surface area contributed by atoms with Gasteiger partial charge >= 0.3 is 0 Å². The summed E-state index contributed by atoms with van der Waals surface area (Å²) in [4.78, 5) is 17.1. The van der Waals surface area contributed by atoms with Gasteiger partial charge in [-0.1, -0.05) is 12.1 Å². The van der Waals surface area contributed by atoms with Crippen LogP contribution in [-0.2, 0) is 54.7 Å². The standard InChI is InChI=1S/2C24H29N7O5S/c2*1-15-12-26-18(13-25-15)23(36-6)16(2)37(32,33)14-21-27-28-24(17-10-11-30(3)29-17)31(21)22-19(34-4)8-7-9-20(22)35-5/h2*7-13,16,23H,14H2,1-6H3/t2*16-,23-/m10/s1. The van der Waals surface area contributed by atoms with Crippen LogP contribution in [0.15, 0.2) is 85.7 Å². The maximum atomic E-state index is 13.7. The van der Waals surface area contributed by atoms with E-state index in [4.69, 9.17) is 28.4 Å². The molecule has 392 valence electrons. The highest BCUT2D eigenvalue weighted by Gasteiger charge is 2.37. The highest BCUT2D eigenvalue weighted by Crippen LogP contribution is 2.39. The number of rotatable bonds is 20. The van der Waals surface area contributed by atoms with Gasteiger partial charge in [-0.05, 0) is 64.1 Å². The Morgan fingerprint density at radius 3 is 1.12 bits per heavy atom. The molecule has 0 fully saturated rings. The molecule has 24 nitrogen and oxygen atoms in total. The van der Waals surface area contributed by atoms with Crippen molar-refractivity contribution in [2.45, 2.75) is 61.9 Å². The molecule has 0 saturated carbocycles. The minimum absolute atomic E-state index is 0.167. The maximum Gasteiger partial charge on any atom is 0.189 e. The molecule has 4 atom stereocenters. The molecule has 8 aromatic rings. The number of nitrogens with zero attached hydrogens (tertiary/aromatic N) is 14. The third-order valence-corrected chi connectivity index (χ3v) is 16.0. The lowest BCUT2D eigenvalue weighted by molar-refractivity contribution is 0.0982. The largest absolute Gasteiger partial charge is 0.494 e. The molecule has 0 bridgehead atoms. The van der Waals surface area contributed by atoms with E-state index in [1.807, 2.05) is 0 Å². The molecule has 2 aromatic carbocycles. The van der Waals surface area contributed by atoms with Crippen LogP contribution in [0.2, 0.25) is 0 Å². The van der Waals surface area contributed by atoms with Crippen LogP contribution < -0.4 is 18.9 Å². The second-order valence-electron chi connectivity index (χ2n) is 16.8. The topological polar surface area (TPSA) is 272 Å². The summed E-state index contributed by atoms with van der Waals surface area (Å²) in [6, 6.07) is 14.1. The van der Waals surface area contributed by atoms with E-state index < -0.39 is 53.9 Å². The first-order chi connectivity index (χ1) is 35.4. The summed E-state index contributed by atoms with van der Waals surface area (Å²) in [6.07, 6.45) is 8.06. The molecule has 0 saturated heterocycles. The monoisotopic (exact) mass is 1050 g/mol. The van der Waals surface area contributed by atoms with Crippen LogP contribution in [0.4, 0.5) is 0 Å². The Morgan fingerprint density at radius 2 is 0.851 bits per heavy atom. The fourth-order valence-corrected chi connectivity index (χ4v) is 10.9. The summed E-state index contributed by atoms with van der Waals surface area (Å²) >= 11 is 0. The molecule has 0 amide bonds. The van der Waals surface area contributed by atoms with Crippen molar-refractivity contribution in [1.29, 1.82) is 0 Å². The zero-order valence-electron chi connectivity index (χ0n) is 43.0. The van der Waals surface area contributed by atoms with Crippen molar-refractivity contribution >= 4 is 19.7 Å². The summed E-state index contributed by atoms with van der Waals surface area (Å²) in [7, 11) is 4.85. The van der Waals surface area contributed by atoms with Gasteiger partial charge < -0.3 is 28.4 Å². The highest BCUT2D eigenvalue weighted by molar-refractivity contribution is 7.91. The number of hydrogen-bond acceptors (Lipinski definition) is 20. The molecule has 26 heteroatoms. The fraction of sp³-hybridized carbons (Fsp3) is 0.375. The van der Waals surface area contributed by atoms with E-state index in [1.54, 1.807) is 134 Å². The van der Waals surface area contributed by atoms with Crippen LogP contribution in [0.25, 0.3) is 34.4 Å². The van der Waals surface area contributed by atoms with E-state index in [0.717, 1.165) is 11.4 Å². The van der Waals surface area contributed by atoms with Gasteiger partial charge in [-0.2, -0.15) is 10.2 Å². The molecule has 0 N–H and O–H groups in total. The number of aryl methyl sites for hydroxylation is 4. The minimum atomic E-state index is -3.84. The molecule has 0 aliphatic rings. The van der Waals surface area contributed by atoms with Crippen molar-refractivity contribution in [3.8, 4) is 57.4 Å². The summed E-state index contributed by atoms with van der Waals surface area (Å²) in [5.41, 5.74) is 4.21. The van der Waals surface area contributed by atoms with E-state index in [-0.39, 0.29) is 11.6 Å². The number of hydrogen-bond donors (Lipinski definition) is 0. The van der Waals surface area contributed by atoms with E-state index in [0.29, 0.717) is 68.8 Å². The molecule has 6 aromatic heterocycles. The van der Waals surface area contributed by atoms with Gasteiger partial charge in [-0.25, -0.2) is 16.8 Å². The van der Waals surface area contributed by atoms with Gasteiger partial charge in [0, 0.05) is 53.1 Å². The third-order valence-electron chi connectivity index (χ3n) is 11.9. The average Bonchev–Trinajstić information content (AvgIpc) is 4.22. The molecule has 6 heterocycles. The van der Waals surface area contributed by atoms with Gasteiger partial charge in [0.25, 0.3) is 0 Å². The predicted molar refractivity (Wildman–Crippen MR) is 271 cm³/mol. The van der Waals surface area contributed by atoms with Crippen molar-refractivity contribution in [3.63, 3.8) is 0 Å². The molecule has 0 radical (unpaired) electrons. The Bertz CT molecular complexity index is 3140.